The third-order valence-corrected chi connectivity index (χ3v) is 16.2. The number of nitrogens with zero attached hydrogens (tertiary/aromatic N) is 2. The molecule has 2 amide bonds. The van der Waals surface area contributed by atoms with Crippen molar-refractivity contribution in [3.05, 3.63) is 45.1 Å². The topological polar surface area (TPSA) is 105 Å². The molecule has 4 aliphatic rings. The second kappa shape index (κ2) is 16.3. The number of ether oxygens (including phenoxy) is 6. The van der Waals surface area contributed by atoms with Gasteiger partial charge in [-0.25, -0.2) is 4.79 Å². The lowest BCUT2D eigenvalue weighted by atomic mass is 9.77. The number of piperazine rings is 1. The lowest BCUT2D eigenvalue weighted by molar-refractivity contribution is -0.145. The number of benzene rings is 2. The van der Waals surface area contributed by atoms with Gasteiger partial charge in [-0.3, -0.25) is 9.69 Å². The van der Waals surface area contributed by atoms with Crippen molar-refractivity contribution >= 4 is 61.2 Å². The summed E-state index contributed by atoms with van der Waals surface area (Å²) in [5.74, 6) is 2.55. The molecule has 0 N–H and O–H groups in total. The quantitative estimate of drug-likeness (QED) is 0.111. The van der Waals surface area contributed by atoms with Gasteiger partial charge in [0.2, 0.25) is 10.6 Å². The highest BCUT2D eigenvalue weighted by Gasteiger charge is 2.57. The van der Waals surface area contributed by atoms with E-state index >= 15 is 4.79 Å². The average molecular weight is 854 g/mol. The van der Waals surface area contributed by atoms with Crippen molar-refractivity contribution in [1.82, 2.24) is 9.80 Å². The Morgan fingerprint density at radius 3 is 2.30 bits per heavy atom. The van der Waals surface area contributed by atoms with Crippen LogP contribution in [-0.4, -0.2) is 80.3 Å². The molecule has 2 bridgehead atoms. The zero-order chi connectivity index (χ0) is 40.9. The number of fused-ring (bicyclic) bond motifs is 9. The molecule has 2 aromatic rings. The Kier molecular flexibility index (Phi) is 12.4. The summed E-state index contributed by atoms with van der Waals surface area (Å²) in [4.78, 5) is 32.9. The molecule has 4 aliphatic heterocycles. The van der Waals surface area contributed by atoms with Gasteiger partial charge in [0.1, 0.15) is 24.4 Å². The maximum Gasteiger partial charge on any atom is 0.411 e. The molecule has 56 heavy (non-hydrogen) atoms. The Hall–Kier alpha value is -3.03. The van der Waals surface area contributed by atoms with Gasteiger partial charge in [0.25, 0.3) is 14.2 Å². The molecule has 2 aromatic carbocycles. The second-order valence-electron chi connectivity index (χ2n) is 16.5. The largest absolute Gasteiger partial charge is 0.543 e. The van der Waals surface area contributed by atoms with Crippen LogP contribution in [0.2, 0.25) is 18.1 Å². The number of unbranched alkanes of at least 4 members (excludes halogenated alkanes) is 2. The van der Waals surface area contributed by atoms with E-state index in [2.05, 4.69) is 47.7 Å². The van der Waals surface area contributed by atoms with Gasteiger partial charge in [-0.05, 0) is 62.0 Å². The number of carbonyl (C=O) groups is 2. The predicted molar refractivity (Wildman–Crippen MR) is 220 cm³/mol. The zero-order valence-electron chi connectivity index (χ0n) is 34.2. The van der Waals surface area contributed by atoms with Crippen molar-refractivity contribution in [2.24, 2.45) is 0 Å². The number of amides is 2. The first-order chi connectivity index (χ1) is 26.4. The Morgan fingerprint density at radius 1 is 0.982 bits per heavy atom. The fourth-order valence-electron chi connectivity index (χ4n) is 7.71. The van der Waals surface area contributed by atoms with Crippen molar-refractivity contribution in [3.8, 4) is 28.7 Å². The molecule has 1 fully saturated rings. The smallest absolute Gasteiger partial charge is 0.411 e. The van der Waals surface area contributed by atoms with Crippen LogP contribution >= 0.6 is 34.8 Å². The summed E-state index contributed by atoms with van der Waals surface area (Å²) < 4.78 is 42.4. The van der Waals surface area contributed by atoms with E-state index in [1.165, 1.54) is 4.90 Å². The van der Waals surface area contributed by atoms with Crippen molar-refractivity contribution < 1.29 is 42.4 Å². The molecular formula is C41H55Cl3N2O9Si. The van der Waals surface area contributed by atoms with Gasteiger partial charge in [0.15, 0.2) is 23.0 Å². The van der Waals surface area contributed by atoms with Crippen LogP contribution in [0, 0.1) is 13.8 Å². The number of hydrogen-bond donors (Lipinski definition) is 0. The minimum absolute atomic E-state index is 0.0269. The predicted octanol–water partition coefficient (Wildman–Crippen LogP) is 10.1. The highest BCUT2D eigenvalue weighted by atomic mass is 35.6. The Labute approximate surface area is 346 Å². The van der Waals surface area contributed by atoms with Crippen LogP contribution in [0.1, 0.15) is 106 Å². The monoisotopic (exact) mass is 852 g/mol. The van der Waals surface area contributed by atoms with Crippen LogP contribution in [0.15, 0.2) is 11.8 Å². The number of methoxy groups -OCH3 is 1. The first-order valence-corrected chi connectivity index (χ1v) is 23.5. The normalized spacial score (nSPS) is 19.9. The summed E-state index contributed by atoms with van der Waals surface area (Å²) in [7, 11) is -0.866. The van der Waals surface area contributed by atoms with Gasteiger partial charge in [0, 0.05) is 41.0 Å². The second-order valence-corrected chi connectivity index (χ2v) is 23.7. The minimum atomic E-state index is -2.47. The molecule has 6 rings (SSSR count). The van der Waals surface area contributed by atoms with E-state index in [1.54, 1.807) is 12.0 Å². The standard InChI is InChI=1S/C41H55Cl3N2O9Si/c1-11-13-15-50-20-29-31-26(34(55-56(9,10)40(5,6)7)24(4)35-37(31)54-22-53-35)19-27-32-30-25(17-23(3)33(49-8)36(30)51-16-14-12-2)18-28(38(47)45(27)29)46(32)39(48)52-21-41(42,43)44/h17,19,28-29,32H,11-16,18,20-22H2,1-10H3/t28-,29+,32?/m1/s1. The average Bonchev–Trinajstić information content (AvgIpc) is 3.61. The maximum absolute atomic E-state index is 15.3. The van der Waals surface area contributed by atoms with E-state index in [4.69, 9.17) is 67.7 Å². The van der Waals surface area contributed by atoms with E-state index in [0.29, 0.717) is 53.2 Å². The molecule has 11 nitrogen and oxygen atoms in total. The molecule has 4 heterocycles. The minimum Gasteiger partial charge on any atom is -0.543 e. The fraction of sp³-hybridized carbons (Fsp3) is 0.610. The van der Waals surface area contributed by atoms with Crippen molar-refractivity contribution in [3.63, 3.8) is 0 Å². The number of rotatable bonds is 13. The van der Waals surface area contributed by atoms with Crippen molar-refractivity contribution in [2.45, 2.75) is 121 Å². The van der Waals surface area contributed by atoms with Crippen LogP contribution in [0.4, 0.5) is 4.79 Å². The van der Waals surface area contributed by atoms with Crippen LogP contribution in [-0.2, 0) is 20.7 Å². The lowest BCUT2D eigenvalue weighted by Crippen LogP contribution is -2.63. The van der Waals surface area contributed by atoms with Crippen LogP contribution in [0.25, 0.3) is 6.08 Å². The molecule has 308 valence electrons. The SMILES string of the molecule is CCCCOC[C@H]1c2c(c(O[Si](C)(C)C(C)(C)C)c(C)c3c2OCO3)C=C2C3c4c(cc(C)c(OC)c4OCCCC)C[C@H](C(=O)N21)N3C(=O)OCC(Cl)(Cl)Cl. The molecule has 15 heteroatoms. The lowest BCUT2D eigenvalue weighted by Gasteiger charge is -2.54. The van der Waals surface area contributed by atoms with E-state index in [0.717, 1.165) is 53.5 Å². The third-order valence-electron chi connectivity index (χ3n) is 11.5. The van der Waals surface area contributed by atoms with Gasteiger partial charge in [-0.15, -0.1) is 0 Å². The third kappa shape index (κ3) is 7.77. The van der Waals surface area contributed by atoms with Crippen molar-refractivity contribution in [2.75, 3.05) is 40.3 Å². The van der Waals surface area contributed by atoms with E-state index in [-0.39, 0.29) is 30.8 Å². The Balaban J connectivity index is 1.67. The van der Waals surface area contributed by atoms with Crippen LogP contribution in [0.3, 0.4) is 0 Å². The van der Waals surface area contributed by atoms with Gasteiger partial charge in [0.05, 0.1) is 26.4 Å². The van der Waals surface area contributed by atoms with Gasteiger partial charge >= 0.3 is 6.09 Å². The highest BCUT2D eigenvalue weighted by Crippen LogP contribution is 2.59. The van der Waals surface area contributed by atoms with E-state index < -0.39 is 42.9 Å². The molecule has 0 aliphatic carbocycles. The van der Waals surface area contributed by atoms with Gasteiger partial charge < -0.3 is 37.7 Å². The summed E-state index contributed by atoms with van der Waals surface area (Å²) in [6, 6.07) is -0.491. The van der Waals surface area contributed by atoms with Crippen molar-refractivity contribution in [1.29, 1.82) is 0 Å². The number of carbonyl (C=O) groups excluding carboxylic acids is 2. The summed E-state index contributed by atoms with van der Waals surface area (Å²) in [6.45, 7) is 19.7. The molecule has 0 radical (unpaired) electrons. The molecule has 3 atom stereocenters. The summed E-state index contributed by atoms with van der Waals surface area (Å²) in [6.07, 6.45) is 4.85. The summed E-state index contributed by atoms with van der Waals surface area (Å²) in [5, 5.41) is -0.141. The fourth-order valence-corrected chi connectivity index (χ4v) is 8.95. The van der Waals surface area contributed by atoms with Gasteiger partial charge in [-0.1, -0.05) is 88.3 Å². The van der Waals surface area contributed by atoms with E-state index in [1.807, 2.05) is 26.0 Å². The Morgan fingerprint density at radius 2 is 1.66 bits per heavy atom. The maximum atomic E-state index is 15.3. The number of aryl methyl sites for hydroxylation is 1. The Bertz CT molecular complexity index is 1890. The first kappa shape index (κ1) is 42.6. The number of hydrogen-bond acceptors (Lipinski definition) is 9. The summed E-state index contributed by atoms with van der Waals surface area (Å²) >= 11 is 18.3. The zero-order valence-corrected chi connectivity index (χ0v) is 37.4. The number of alkyl halides is 3. The molecular weight excluding hydrogens is 799 g/mol. The summed E-state index contributed by atoms with van der Waals surface area (Å²) in [5.41, 5.74) is 5.23. The van der Waals surface area contributed by atoms with Gasteiger partial charge in [-0.2, -0.15) is 0 Å². The molecule has 0 aromatic heterocycles. The highest BCUT2D eigenvalue weighted by molar-refractivity contribution is 6.74. The first-order valence-electron chi connectivity index (χ1n) is 19.5. The molecule has 1 unspecified atom stereocenters. The van der Waals surface area contributed by atoms with E-state index in [9.17, 15) is 4.79 Å². The molecule has 0 saturated carbocycles. The van der Waals surface area contributed by atoms with Crippen LogP contribution < -0.4 is 23.4 Å². The number of halogens is 3. The molecule has 0 spiro atoms. The molecule has 1 saturated heterocycles. The van der Waals surface area contributed by atoms with Crippen LogP contribution in [0.5, 0.6) is 28.7 Å².